The lowest BCUT2D eigenvalue weighted by atomic mass is 10.0. The van der Waals surface area contributed by atoms with Crippen molar-refractivity contribution in [2.45, 2.75) is 12.5 Å². The van der Waals surface area contributed by atoms with Gasteiger partial charge in [-0.25, -0.2) is 0 Å². The van der Waals surface area contributed by atoms with Gasteiger partial charge < -0.3 is 16.0 Å². The van der Waals surface area contributed by atoms with Gasteiger partial charge in [0.05, 0.1) is 0 Å². The second-order valence-corrected chi connectivity index (χ2v) is 4.97. The van der Waals surface area contributed by atoms with Gasteiger partial charge in [0.25, 0.3) is 0 Å². The highest BCUT2D eigenvalue weighted by molar-refractivity contribution is 6.30. The number of hydrogen-bond donors (Lipinski definition) is 2. The fourth-order valence-electron chi connectivity index (χ4n) is 2.13. The number of hydrogen-bond acceptors (Lipinski definition) is 3. The van der Waals surface area contributed by atoms with E-state index < -0.39 is 0 Å². The van der Waals surface area contributed by atoms with Gasteiger partial charge in [-0.1, -0.05) is 23.7 Å². The zero-order valence-corrected chi connectivity index (χ0v) is 10.8. The largest absolute Gasteiger partial charge is 0.324 e. The number of rotatable bonds is 4. The number of benzene rings is 1. The molecule has 17 heavy (non-hydrogen) atoms. The first kappa shape index (κ1) is 12.8. The third-order valence-electron chi connectivity index (χ3n) is 3.26. The summed E-state index contributed by atoms with van der Waals surface area (Å²) in [7, 11) is 0. The Morgan fingerprint density at radius 3 is 2.53 bits per heavy atom. The molecule has 1 fully saturated rings. The zero-order chi connectivity index (χ0) is 12.1. The van der Waals surface area contributed by atoms with Gasteiger partial charge >= 0.3 is 0 Å². The summed E-state index contributed by atoms with van der Waals surface area (Å²) in [5.41, 5.74) is 7.35. The predicted molar refractivity (Wildman–Crippen MR) is 72.3 cm³/mol. The Labute approximate surface area is 108 Å². The van der Waals surface area contributed by atoms with Crippen molar-refractivity contribution in [2.24, 2.45) is 5.73 Å². The van der Waals surface area contributed by atoms with Crippen molar-refractivity contribution in [3.05, 3.63) is 34.9 Å². The van der Waals surface area contributed by atoms with Crippen LogP contribution < -0.4 is 11.1 Å². The van der Waals surface area contributed by atoms with E-state index in [0.717, 1.165) is 44.2 Å². The molecule has 0 bridgehead atoms. The standard InChI is InChI=1S/C13H20ClN3/c14-12-3-1-11(2-4-12)13(15)5-8-17-9-6-16-7-10-17/h1-4,13,16H,5-10,15H2/t13-/m0/s1. The molecular formula is C13H20ClN3. The van der Waals surface area contributed by atoms with Crippen LogP contribution in [0, 0.1) is 0 Å². The van der Waals surface area contributed by atoms with Gasteiger partial charge in [-0.2, -0.15) is 0 Å². The maximum absolute atomic E-state index is 6.18. The SMILES string of the molecule is N[C@@H](CCN1CCNCC1)c1ccc(Cl)cc1. The van der Waals surface area contributed by atoms with Crippen LogP contribution in [0.1, 0.15) is 18.0 Å². The summed E-state index contributed by atoms with van der Waals surface area (Å²) in [6.07, 6.45) is 1.00. The first-order chi connectivity index (χ1) is 8.25. The summed E-state index contributed by atoms with van der Waals surface area (Å²) in [6, 6.07) is 7.96. The van der Waals surface area contributed by atoms with E-state index in [4.69, 9.17) is 17.3 Å². The molecule has 3 N–H and O–H groups in total. The molecule has 1 aromatic carbocycles. The van der Waals surface area contributed by atoms with Crippen LogP contribution in [-0.2, 0) is 0 Å². The van der Waals surface area contributed by atoms with Gasteiger partial charge in [-0.05, 0) is 24.1 Å². The average Bonchev–Trinajstić information content (AvgIpc) is 2.38. The molecule has 1 aromatic rings. The second-order valence-electron chi connectivity index (χ2n) is 4.54. The minimum absolute atomic E-state index is 0.113. The van der Waals surface area contributed by atoms with E-state index >= 15 is 0 Å². The monoisotopic (exact) mass is 253 g/mol. The van der Waals surface area contributed by atoms with Gasteiger partial charge in [0.15, 0.2) is 0 Å². The molecule has 0 radical (unpaired) electrons. The first-order valence-electron chi connectivity index (χ1n) is 6.20. The van der Waals surface area contributed by atoms with E-state index in [9.17, 15) is 0 Å². The molecule has 4 heteroatoms. The number of halogens is 1. The van der Waals surface area contributed by atoms with Crippen molar-refractivity contribution in [1.29, 1.82) is 0 Å². The van der Waals surface area contributed by atoms with Crippen molar-refractivity contribution in [3.8, 4) is 0 Å². The van der Waals surface area contributed by atoms with Gasteiger partial charge in [-0.15, -0.1) is 0 Å². The molecular weight excluding hydrogens is 234 g/mol. The maximum atomic E-state index is 6.18. The van der Waals surface area contributed by atoms with E-state index in [1.54, 1.807) is 0 Å². The summed E-state index contributed by atoms with van der Waals surface area (Å²) < 4.78 is 0. The van der Waals surface area contributed by atoms with Gasteiger partial charge in [0, 0.05) is 43.8 Å². The van der Waals surface area contributed by atoms with Crippen LogP contribution in [0.25, 0.3) is 0 Å². The van der Waals surface area contributed by atoms with E-state index in [1.807, 2.05) is 24.3 Å². The van der Waals surface area contributed by atoms with Crippen LogP contribution in [0.5, 0.6) is 0 Å². The molecule has 0 aromatic heterocycles. The Morgan fingerprint density at radius 1 is 1.24 bits per heavy atom. The lowest BCUT2D eigenvalue weighted by molar-refractivity contribution is 0.233. The van der Waals surface area contributed by atoms with Crippen LogP contribution in [-0.4, -0.2) is 37.6 Å². The molecule has 3 nitrogen and oxygen atoms in total. The van der Waals surface area contributed by atoms with Gasteiger partial charge in [0.2, 0.25) is 0 Å². The topological polar surface area (TPSA) is 41.3 Å². The Balaban J connectivity index is 1.80. The van der Waals surface area contributed by atoms with E-state index in [2.05, 4.69) is 10.2 Å². The smallest absolute Gasteiger partial charge is 0.0406 e. The van der Waals surface area contributed by atoms with Crippen LogP contribution in [0.2, 0.25) is 5.02 Å². The highest BCUT2D eigenvalue weighted by Gasteiger charge is 2.12. The minimum Gasteiger partial charge on any atom is -0.324 e. The van der Waals surface area contributed by atoms with Crippen molar-refractivity contribution in [1.82, 2.24) is 10.2 Å². The molecule has 0 saturated carbocycles. The molecule has 1 aliphatic rings. The fourth-order valence-corrected chi connectivity index (χ4v) is 2.26. The van der Waals surface area contributed by atoms with E-state index in [0.29, 0.717) is 0 Å². The lowest BCUT2D eigenvalue weighted by Crippen LogP contribution is -2.44. The summed E-state index contributed by atoms with van der Waals surface area (Å²) in [6.45, 7) is 5.53. The summed E-state index contributed by atoms with van der Waals surface area (Å²) in [5, 5.41) is 4.12. The Morgan fingerprint density at radius 2 is 1.88 bits per heavy atom. The molecule has 0 amide bonds. The van der Waals surface area contributed by atoms with Gasteiger partial charge in [-0.3, -0.25) is 0 Å². The summed E-state index contributed by atoms with van der Waals surface area (Å²) >= 11 is 5.86. The Hall–Kier alpha value is -0.610. The van der Waals surface area contributed by atoms with Crippen LogP contribution in [0.4, 0.5) is 0 Å². The summed E-state index contributed by atoms with van der Waals surface area (Å²) in [5.74, 6) is 0. The maximum Gasteiger partial charge on any atom is 0.0406 e. The van der Waals surface area contributed by atoms with Crippen molar-refractivity contribution in [3.63, 3.8) is 0 Å². The highest BCUT2D eigenvalue weighted by Crippen LogP contribution is 2.17. The highest BCUT2D eigenvalue weighted by atomic mass is 35.5. The van der Waals surface area contributed by atoms with E-state index in [-0.39, 0.29) is 6.04 Å². The van der Waals surface area contributed by atoms with Crippen LogP contribution in [0.3, 0.4) is 0 Å². The molecule has 0 unspecified atom stereocenters. The molecule has 94 valence electrons. The predicted octanol–water partition coefficient (Wildman–Crippen LogP) is 1.64. The molecule has 1 saturated heterocycles. The molecule has 0 spiro atoms. The second kappa shape index (κ2) is 6.36. The van der Waals surface area contributed by atoms with Crippen LogP contribution in [0.15, 0.2) is 24.3 Å². The Kier molecular flexibility index (Phi) is 4.80. The molecule has 1 aliphatic heterocycles. The third kappa shape index (κ3) is 3.96. The van der Waals surface area contributed by atoms with Gasteiger partial charge in [0.1, 0.15) is 0 Å². The fraction of sp³-hybridized carbons (Fsp3) is 0.538. The number of nitrogens with two attached hydrogens (primary N) is 1. The molecule has 1 atom stereocenters. The average molecular weight is 254 g/mol. The van der Waals surface area contributed by atoms with Crippen molar-refractivity contribution >= 4 is 11.6 Å². The van der Waals surface area contributed by atoms with Crippen molar-refractivity contribution < 1.29 is 0 Å². The van der Waals surface area contributed by atoms with E-state index in [1.165, 1.54) is 5.56 Å². The Bertz CT molecular complexity index is 333. The normalized spacial score (nSPS) is 19.2. The molecule has 1 heterocycles. The minimum atomic E-state index is 0.113. The van der Waals surface area contributed by atoms with Crippen molar-refractivity contribution in [2.75, 3.05) is 32.7 Å². The number of nitrogens with one attached hydrogen (secondary N) is 1. The number of piperazine rings is 1. The number of nitrogens with zero attached hydrogens (tertiary/aromatic N) is 1. The lowest BCUT2D eigenvalue weighted by Gasteiger charge is -2.28. The quantitative estimate of drug-likeness (QED) is 0.857. The first-order valence-corrected chi connectivity index (χ1v) is 6.57. The molecule has 2 rings (SSSR count). The molecule has 0 aliphatic carbocycles. The summed E-state index contributed by atoms with van der Waals surface area (Å²) in [4.78, 5) is 2.46. The zero-order valence-electron chi connectivity index (χ0n) is 10.0. The van der Waals surface area contributed by atoms with Crippen LogP contribution >= 0.6 is 11.6 Å². The third-order valence-corrected chi connectivity index (χ3v) is 3.52.